The van der Waals surface area contributed by atoms with E-state index < -0.39 is 18.0 Å². The Labute approximate surface area is 150 Å². The Bertz CT molecular complexity index is 647. The fraction of sp³-hybridized carbons (Fsp3) is 0.375. The van der Waals surface area contributed by atoms with E-state index in [2.05, 4.69) is 11.8 Å². The van der Waals surface area contributed by atoms with Crippen LogP contribution in [0.3, 0.4) is 0 Å². The predicted octanol–water partition coefficient (Wildman–Crippen LogP) is 4.68. The SMILES string of the molecule is CC#CC(CC)OC(=O)CCC(=O)Oc1cc(Cl)c(Cl)cc1Cl. The van der Waals surface area contributed by atoms with Crippen molar-refractivity contribution in [2.75, 3.05) is 0 Å². The fourth-order valence-corrected chi connectivity index (χ4v) is 2.13. The maximum Gasteiger partial charge on any atom is 0.311 e. The van der Waals surface area contributed by atoms with Crippen LogP contribution in [0.15, 0.2) is 12.1 Å². The molecule has 4 nitrogen and oxygen atoms in total. The summed E-state index contributed by atoms with van der Waals surface area (Å²) >= 11 is 17.5. The first-order chi connectivity index (χ1) is 10.9. The molecular weight excluding hydrogens is 363 g/mol. The third kappa shape index (κ3) is 6.70. The minimum Gasteiger partial charge on any atom is -0.449 e. The number of ether oxygens (including phenoxy) is 2. The Morgan fingerprint density at radius 3 is 2.30 bits per heavy atom. The van der Waals surface area contributed by atoms with Crippen molar-refractivity contribution in [3.8, 4) is 17.6 Å². The summed E-state index contributed by atoms with van der Waals surface area (Å²) in [5, 5.41) is 0.615. The number of hydrogen-bond donors (Lipinski definition) is 0. The van der Waals surface area contributed by atoms with Gasteiger partial charge >= 0.3 is 11.9 Å². The van der Waals surface area contributed by atoms with E-state index in [1.54, 1.807) is 6.92 Å². The molecule has 1 aromatic carbocycles. The van der Waals surface area contributed by atoms with Crippen LogP contribution >= 0.6 is 34.8 Å². The Morgan fingerprint density at radius 2 is 1.70 bits per heavy atom. The second-order valence-corrected chi connectivity index (χ2v) is 5.67. The molecule has 0 aromatic heterocycles. The van der Waals surface area contributed by atoms with E-state index in [-0.39, 0.29) is 33.7 Å². The van der Waals surface area contributed by atoms with Crippen LogP contribution in [0.4, 0.5) is 0 Å². The van der Waals surface area contributed by atoms with Crippen LogP contribution in [0.1, 0.15) is 33.1 Å². The number of hydrogen-bond acceptors (Lipinski definition) is 4. The highest BCUT2D eigenvalue weighted by Gasteiger charge is 2.15. The lowest BCUT2D eigenvalue weighted by Crippen LogP contribution is -2.18. The van der Waals surface area contributed by atoms with E-state index in [0.29, 0.717) is 6.42 Å². The first-order valence-electron chi connectivity index (χ1n) is 6.84. The number of rotatable bonds is 6. The molecule has 0 bridgehead atoms. The minimum absolute atomic E-state index is 0.0859. The topological polar surface area (TPSA) is 52.6 Å². The fourth-order valence-electron chi connectivity index (χ4n) is 1.55. The molecule has 0 heterocycles. The molecule has 0 aliphatic rings. The van der Waals surface area contributed by atoms with Gasteiger partial charge in [0.2, 0.25) is 0 Å². The lowest BCUT2D eigenvalue weighted by molar-refractivity contribution is -0.149. The molecule has 7 heteroatoms. The van der Waals surface area contributed by atoms with E-state index in [9.17, 15) is 9.59 Å². The molecule has 0 aliphatic heterocycles. The zero-order valence-corrected chi connectivity index (χ0v) is 14.9. The van der Waals surface area contributed by atoms with Crippen molar-refractivity contribution in [3.63, 3.8) is 0 Å². The quantitative estimate of drug-likeness (QED) is 0.313. The lowest BCUT2D eigenvalue weighted by atomic mass is 10.2. The van der Waals surface area contributed by atoms with Crippen LogP contribution in [0.5, 0.6) is 5.75 Å². The van der Waals surface area contributed by atoms with Crippen molar-refractivity contribution in [3.05, 3.63) is 27.2 Å². The third-order valence-electron chi connectivity index (χ3n) is 2.68. The van der Waals surface area contributed by atoms with Crippen LogP contribution in [0.2, 0.25) is 15.1 Å². The summed E-state index contributed by atoms with van der Waals surface area (Å²) < 4.78 is 10.2. The number of esters is 2. The van der Waals surface area contributed by atoms with E-state index in [4.69, 9.17) is 44.3 Å². The molecule has 1 atom stereocenters. The van der Waals surface area contributed by atoms with Gasteiger partial charge in [0.15, 0.2) is 11.9 Å². The Balaban J connectivity index is 2.52. The van der Waals surface area contributed by atoms with E-state index in [1.807, 2.05) is 6.92 Å². The van der Waals surface area contributed by atoms with Gasteiger partial charge in [0.1, 0.15) is 0 Å². The molecule has 1 unspecified atom stereocenters. The molecule has 23 heavy (non-hydrogen) atoms. The van der Waals surface area contributed by atoms with Crippen molar-refractivity contribution in [2.45, 2.75) is 39.2 Å². The van der Waals surface area contributed by atoms with Crippen molar-refractivity contribution >= 4 is 46.7 Å². The molecule has 0 spiro atoms. The highest BCUT2D eigenvalue weighted by Crippen LogP contribution is 2.34. The van der Waals surface area contributed by atoms with Gasteiger partial charge in [0.25, 0.3) is 0 Å². The van der Waals surface area contributed by atoms with Gasteiger partial charge in [-0.05, 0) is 19.4 Å². The minimum atomic E-state index is -0.628. The smallest absolute Gasteiger partial charge is 0.311 e. The number of benzene rings is 1. The van der Waals surface area contributed by atoms with Crippen LogP contribution < -0.4 is 4.74 Å². The van der Waals surface area contributed by atoms with Crippen molar-refractivity contribution in [2.24, 2.45) is 0 Å². The monoisotopic (exact) mass is 376 g/mol. The first-order valence-corrected chi connectivity index (χ1v) is 7.97. The zero-order chi connectivity index (χ0) is 17.4. The van der Waals surface area contributed by atoms with Gasteiger partial charge in [0, 0.05) is 6.07 Å². The molecule has 0 saturated heterocycles. The van der Waals surface area contributed by atoms with Crippen molar-refractivity contribution < 1.29 is 19.1 Å². The van der Waals surface area contributed by atoms with Crippen LogP contribution in [-0.2, 0) is 14.3 Å². The zero-order valence-electron chi connectivity index (χ0n) is 12.6. The average Bonchev–Trinajstić information content (AvgIpc) is 2.50. The van der Waals surface area contributed by atoms with E-state index >= 15 is 0 Å². The van der Waals surface area contributed by atoms with Crippen LogP contribution in [-0.4, -0.2) is 18.0 Å². The van der Waals surface area contributed by atoms with Gasteiger partial charge in [-0.3, -0.25) is 9.59 Å². The predicted molar refractivity (Wildman–Crippen MR) is 90.0 cm³/mol. The summed E-state index contributed by atoms with van der Waals surface area (Å²) in [6.07, 6.45) is -0.144. The summed E-state index contributed by atoms with van der Waals surface area (Å²) in [5.74, 6) is 4.38. The molecule has 0 saturated carbocycles. The summed E-state index contributed by atoms with van der Waals surface area (Å²) in [6.45, 7) is 3.51. The Kier molecular flexibility index (Phi) is 8.25. The summed E-state index contributed by atoms with van der Waals surface area (Å²) in [6, 6.07) is 2.71. The molecule has 1 rings (SSSR count). The first kappa shape index (κ1) is 19.6. The van der Waals surface area contributed by atoms with Gasteiger partial charge in [0.05, 0.1) is 27.9 Å². The average molecular weight is 378 g/mol. The third-order valence-corrected chi connectivity index (χ3v) is 3.70. The molecule has 124 valence electrons. The number of carbonyl (C=O) groups excluding carboxylic acids is 2. The highest BCUT2D eigenvalue weighted by molar-refractivity contribution is 6.43. The van der Waals surface area contributed by atoms with Gasteiger partial charge in [-0.15, -0.1) is 5.92 Å². The second-order valence-electron chi connectivity index (χ2n) is 4.45. The molecule has 0 aliphatic carbocycles. The van der Waals surface area contributed by atoms with Crippen LogP contribution in [0.25, 0.3) is 0 Å². The molecule has 0 fully saturated rings. The number of halogens is 3. The molecule has 0 radical (unpaired) electrons. The van der Waals surface area contributed by atoms with Crippen LogP contribution in [0, 0.1) is 11.8 Å². The maximum atomic E-state index is 11.8. The van der Waals surface area contributed by atoms with Crippen molar-refractivity contribution in [1.82, 2.24) is 0 Å². The van der Waals surface area contributed by atoms with Gasteiger partial charge in [-0.1, -0.05) is 47.6 Å². The molecular formula is C16H15Cl3O4. The number of carbonyl (C=O) groups is 2. The largest absolute Gasteiger partial charge is 0.449 e. The summed E-state index contributed by atoms with van der Waals surface area (Å²) in [5.41, 5.74) is 0. The molecule has 0 amide bonds. The van der Waals surface area contributed by atoms with Gasteiger partial charge in [-0.2, -0.15) is 0 Å². The summed E-state index contributed by atoms with van der Waals surface area (Å²) in [7, 11) is 0. The maximum absolute atomic E-state index is 11.8. The normalized spacial score (nSPS) is 11.2. The van der Waals surface area contributed by atoms with Gasteiger partial charge in [-0.25, -0.2) is 0 Å². The highest BCUT2D eigenvalue weighted by atomic mass is 35.5. The van der Waals surface area contributed by atoms with E-state index in [1.165, 1.54) is 12.1 Å². The standard InChI is InChI=1S/C16H15Cl3O4/c1-3-5-10(4-2)22-15(20)6-7-16(21)23-14-9-12(18)11(17)8-13(14)19/h8-10H,4,6-7H2,1-2H3. The Hall–Kier alpha value is -1.41. The van der Waals surface area contributed by atoms with Crippen molar-refractivity contribution in [1.29, 1.82) is 0 Å². The molecule has 0 N–H and O–H groups in total. The molecule has 1 aromatic rings. The summed E-state index contributed by atoms with van der Waals surface area (Å²) in [4.78, 5) is 23.4. The van der Waals surface area contributed by atoms with E-state index in [0.717, 1.165) is 0 Å². The Morgan fingerprint density at radius 1 is 1.09 bits per heavy atom. The lowest BCUT2D eigenvalue weighted by Gasteiger charge is -2.10. The second kappa shape index (κ2) is 9.67. The van der Waals surface area contributed by atoms with Gasteiger partial charge < -0.3 is 9.47 Å².